The first-order valence-corrected chi connectivity index (χ1v) is 5.90. The van der Waals surface area contributed by atoms with Crippen molar-refractivity contribution in [1.29, 1.82) is 0 Å². The minimum Gasteiger partial charge on any atom is -0.393 e. The van der Waals surface area contributed by atoms with Crippen molar-refractivity contribution >= 4 is 7.82 Å². The van der Waals surface area contributed by atoms with E-state index < -0.39 is 13.9 Å². The standard InChI is InChI=1S/C7H15O5P/c8-7-3-1-2-5-11-13(9,10)12-6-4-7/h7-8H,1-6H2,(H,9,10). The number of aliphatic hydroxyl groups excluding tert-OH is 1. The summed E-state index contributed by atoms with van der Waals surface area (Å²) in [6.45, 7) is 0.273. The molecule has 6 heteroatoms. The zero-order valence-electron chi connectivity index (χ0n) is 7.39. The van der Waals surface area contributed by atoms with Crippen LogP contribution in [0.5, 0.6) is 0 Å². The fraction of sp³-hybridized carbons (Fsp3) is 1.00. The van der Waals surface area contributed by atoms with Crippen LogP contribution in [0.4, 0.5) is 0 Å². The van der Waals surface area contributed by atoms with Crippen molar-refractivity contribution in [1.82, 2.24) is 0 Å². The van der Waals surface area contributed by atoms with Crippen LogP contribution in [0.2, 0.25) is 0 Å². The summed E-state index contributed by atoms with van der Waals surface area (Å²) in [4.78, 5) is 9.01. The lowest BCUT2D eigenvalue weighted by molar-refractivity contribution is 0.0907. The van der Waals surface area contributed by atoms with Gasteiger partial charge in [0, 0.05) is 0 Å². The Morgan fingerprint density at radius 2 is 1.85 bits per heavy atom. The maximum atomic E-state index is 11.0. The molecular formula is C7H15O5P. The predicted octanol–water partition coefficient (Wildman–Crippen LogP) is 1.05. The Labute approximate surface area is 77.3 Å². The van der Waals surface area contributed by atoms with Crippen LogP contribution in [0.3, 0.4) is 0 Å². The van der Waals surface area contributed by atoms with Crippen LogP contribution in [-0.2, 0) is 13.6 Å². The Hall–Kier alpha value is 0.0700. The second-order valence-electron chi connectivity index (χ2n) is 3.07. The smallest absolute Gasteiger partial charge is 0.393 e. The van der Waals surface area contributed by atoms with Gasteiger partial charge in [-0.15, -0.1) is 0 Å². The molecule has 5 nitrogen and oxygen atoms in total. The SMILES string of the molecule is O=P1(O)OCCCCC(O)CCO1. The van der Waals surface area contributed by atoms with E-state index in [-0.39, 0.29) is 13.2 Å². The fourth-order valence-corrected chi connectivity index (χ4v) is 1.92. The van der Waals surface area contributed by atoms with Gasteiger partial charge in [0.25, 0.3) is 0 Å². The molecule has 0 aromatic carbocycles. The molecule has 2 N–H and O–H groups in total. The van der Waals surface area contributed by atoms with E-state index in [2.05, 4.69) is 9.05 Å². The molecule has 2 atom stereocenters. The van der Waals surface area contributed by atoms with Gasteiger partial charge in [-0.1, -0.05) is 0 Å². The van der Waals surface area contributed by atoms with Crippen LogP contribution in [0.1, 0.15) is 25.7 Å². The third-order valence-electron chi connectivity index (χ3n) is 1.89. The third kappa shape index (κ3) is 4.74. The van der Waals surface area contributed by atoms with Gasteiger partial charge < -0.3 is 10.00 Å². The predicted molar refractivity (Wildman–Crippen MR) is 46.2 cm³/mol. The molecule has 0 spiro atoms. The topological polar surface area (TPSA) is 76.0 Å². The zero-order chi connectivity index (χ0) is 9.73. The van der Waals surface area contributed by atoms with Gasteiger partial charge in [-0.2, -0.15) is 0 Å². The summed E-state index contributed by atoms with van der Waals surface area (Å²) in [7, 11) is -3.84. The Morgan fingerprint density at radius 3 is 2.62 bits per heavy atom. The van der Waals surface area contributed by atoms with E-state index in [1.807, 2.05) is 0 Å². The molecule has 1 aliphatic rings. The van der Waals surface area contributed by atoms with Gasteiger partial charge in [-0.25, -0.2) is 4.57 Å². The van der Waals surface area contributed by atoms with Gasteiger partial charge in [0.05, 0.1) is 19.3 Å². The number of hydrogen-bond acceptors (Lipinski definition) is 4. The molecule has 0 aromatic heterocycles. The molecular weight excluding hydrogens is 195 g/mol. The molecule has 0 bridgehead atoms. The Balaban J connectivity index is 2.39. The van der Waals surface area contributed by atoms with Gasteiger partial charge in [-0.3, -0.25) is 9.05 Å². The van der Waals surface area contributed by atoms with E-state index in [1.54, 1.807) is 0 Å². The summed E-state index contributed by atoms with van der Waals surface area (Å²) >= 11 is 0. The summed E-state index contributed by atoms with van der Waals surface area (Å²) in [5.41, 5.74) is 0. The molecule has 0 aromatic rings. The Kier molecular flexibility index (Phi) is 4.35. The summed E-state index contributed by atoms with van der Waals surface area (Å²) < 4.78 is 20.3. The van der Waals surface area contributed by atoms with Crippen molar-refractivity contribution in [2.75, 3.05) is 13.2 Å². The highest BCUT2D eigenvalue weighted by molar-refractivity contribution is 7.47. The number of aliphatic hydroxyl groups is 1. The second-order valence-corrected chi connectivity index (χ2v) is 4.53. The molecule has 0 amide bonds. The van der Waals surface area contributed by atoms with Gasteiger partial charge in [-0.05, 0) is 25.7 Å². The first-order chi connectivity index (χ1) is 6.10. The van der Waals surface area contributed by atoms with E-state index in [9.17, 15) is 9.67 Å². The molecule has 1 rings (SSSR count). The van der Waals surface area contributed by atoms with Crippen molar-refractivity contribution in [2.24, 2.45) is 0 Å². The molecule has 1 heterocycles. The van der Waals surface area contributed by atoms with E-state index in [4.69, 9.17) is 4.89 Å². The van der Waals surface area contributed by atoms with Crippen molar-refractivity contribution in [3.05, 3.63) is 0 Å². The van der Waals surface area contributed by atoms with Crippen LogP contribution in [0.15, 0.2) is 0 Å². The van der Waals surface area contributed by atoms with E-state index in [0.29, 0.717) is 19.3 Å². The van der Waals surface area contributed by atoms with Crippen LogP contribution in [0.25, 0.3) is 0 Å². The minimum atomic E-state index is -3.84. The van der Waals surface area contributed by atoms with Crippen molar-refractivity contribution in [3.63, 3.8) is 0 Å². The number of phosphoric acid groups is 1. The Bertz CT molecular complexity index is 195. The Morgan fingerprint density at radius 1 is 1.15 bits per heavy atom. The first kappa shape index (κ1) is 11.1. The first-order valence-electron chi connectivity index (χ1n) is 4.40. The van der Waals surface area contributed by atoms with Crippen LogP contribution < -0.4 is 0 Å². The van der Waals surface area contributed by atoms with Gasteiger partial charge in [0.2, 0.25) is 0 Å². The average Bonchev–Trinajstić information content (AvgIpc) is 2.02. The quantitative estimate of drug-likeness (QED) is 0.584. The molecule has 2 unspecified atom stereocenters. The molecule has 13 heavy (non-hydrogen) atoms. The highest BCUT2D eigenvalue weighted by Crippen LogP contribution is 2.43. The number of phosphoric ester groups is 1. The average molecular weight is 210 g/mol. The minimum absolute atomic E-state index is 0.0644. The summed E-state index contributed by atoms with van der Waals surface area (Å²) in [6.07, 6.45) is 2.13. The number of hydrogen-bond donors (Lipinski definition) is 2. The summed E-state index contributed by atoms with van der Waals surface area (Å²) in [6, 6.07) is 0. The van der Waals surface area contributed by atoms with Crippen LogP contribution in [0, 0.1) is 0 Å². The second kappa shape index (κ2) is 5.08. The third-order valence-corrected chi connectivity index (χ3v) is 2.91. The van der Waals surface area contributed by atoms with Crippen LogP contribution in [-0.4, -0.2) is 29.3 Å². The molecule has 0 saturated carbocycles. The molecule has 1 fully saturated rings. The largest absolute Gasteiger partial charge is 0.472 e. The molecule has 1 aliphatic heterocycles. The zero-order valence-corrected chi connectivity index (χ0v) is 8.28. The van der Waals surface area contributed by atoms with Gasteiger partial charge in [0.15, 0.2) is 0 Å². The van der Waals surface area contributed by atoms with Crippen LogP contribution >= 0.6 is 7.82 Å². The molecule has 0 aliphatic carbocycles. The summed E-state index contributed by atoms with van der Waals surface area (Å²) in [5.74, 6) is 0. The monoisotopic (exact) mass is 210 g/mol. The van der Waals surface area contributed by atoms with Crippen molar-refractivity contribution in [2.45, 2.75) is 31.8 Å². The van der Waals surface area contributed by atoms with Crippen molar-refractivity contribution in [3.8, 4) is 0 Å². The normalized spacial score (nSPS) is 38.5. The fourth-order valence-electron chi connectivity index (χ4n) is 1.15. The number of rotatable bonds is 0. The van der Waals surface area contributed by atoms with Crippen molar-refractivity contribution < 1.29 is 23.6 Å². The van der Waals surface area contributed by atoms with Gasteiger partial charge in [0.1, 0.15) is 0 Å². The molecule has 78 valence electrons. The highest BCUT2D eigenvalue weighted by Gasteiger charge is 2.21. The molecule has 1 saturated heterocycles. The summed E-state index contributed by atoms with van der Waals surface area (Å²) in [5, 5.41) is 9.31. The lowest BCUT2D eigenvalue weighted by Crippen LogP contribution is -2.12. The van der Waals surface area contributed by atoms with Gasteiger partial charge >= 0.3 is 7.82 Å². The highest BCUT2D eigenvalue weighted by atomic mass is 31.2. The van der Waals surface area contributed by atoms with E-state index in [0.717, 1.165) is 6.42 Å². The lowest BCUT2D eigenvalue weighted by Gasteiger charge is -2.16. The maximum Gasteiger partial charge on any atom is 0.472 e. The maximum absolute atomic E-state index is 11.0. The lowest BCUT2D eigenvalue weighted by atomic mass is 10.1. The molecule has 0 radical (unpaired) electrons. The van der Waals surface area contributed by atoms with E-state index in [1.165, 1.54) is 0 Å². The van der Waals surface area contributed by atoms with E-state index >= 15 is 0 Å².